The van der Waals surface area contributed by atoms with Crippen LogP contribution in [0.3, 0.4) is 0 Å². The van der Waals surface area contributed by atoms with Crippen molar-refractivity contribution >= 4 is 34.1 Å². The first-order valence-electron chi connectivity index (χ1n) is 13.2. The smallest absolute Gasteiger partial charge is 0.255 e. The van der Waals surface area contributed by atoms with Gasteiger partial charge in [0.1, 0.15) is 0 Å². The van der Waals surface area contributed by atoms with E-state index in [1.807, 2.05) is 84.9 Å². The number of anilines is 3. The summed E-state index contributed by atoms with van der Waals surface area (Å²) in [6.45, 7) is 5.40. The number of para-hydroxylation sites is 1. The molecule has 1 aromatic heterocycles. The van der Waals surface area contributed by atoms with Crippen LogP contribution in [0, 0.1) is 0 Å². The Hall–Kier alpha value is -4.55. The Labute approximate surface area is 228 Å². The lowest BCUT2D eigenvalue weighted by molar-refractivity contribution is 0.102. The van der Waals surface area contributed by atoms with Gasteiger partial charge in [-0.05, 0) is 80.9 Å². The number of rotatable bonds is 5. The molecule has 0 atom stereocenters. The lowest BCUT2D eigenvalue weighted by atomic mass is 9.86. The molecule has 2 N–H and O–H groups in total. The average molecular weight is 514 g/mol. The van der Waals surface area contributed by atoms with Crippen LogP contribution in [-0.4, -0.2) is 33.4 Å². The van der Waals surface area contributed by atoms with Crippen LogP contribution in [0.4, 0.5) is 17.3 Å². The molecule has 4 aromatic carbocycles. The number of amides is 1. The maximum Gasteiger partial charge on any atom is 0.255 e. The van der Waals surface area contributed by atoms with E-state index in [1.165, 1.54) is 11.1 Å². The maximum absolute atomic E-state index is 13.0. The van der Waals surface area contributed by atoms with Crippen LogP contribution in [0.5, 0.6) is 0 Å². The number of aromatic nitrogens is 2. The molecule has 1 amide bonds. The third-order valence-electron chi connectivity index (χ3n) is 7.58. The molecule has 0 spiro atoms. The first-order chi connectivity index (χ1) is 18.9. The third-order valence-corrected chi connectivity index (χ3v) is 7.58. The number of carbonyl (C=O) groups excluding carboxylic acids is 1. The predicted octanol–water partition coefficient (Wildman–Crippen LogP) is 7.06. The van der Waals surface area contributed by atoms with E-state index in [-0.39, 0.29) is 11.4 Å². The second kappa shape index (κ2) is 9.97. The third kappa shape index (κ3) is 5.11. The number of fused-ring (bicyclic) bond motifs is 2. The topological polar surface area (TPSA) is 70.2 Å². The monoisotopic (exact) mass is 513 g/mol. The molecular formula is C33H31N5O. The Kier molecular flexibility index (Phi) is 6.33. The number of benzene rings is 4. The summed E-state index contributed by atoms with van der Waals surface area (Å²) in [6.07, 6.45) is 0.995. The highest BCUT2D eigenvalue weighted by molar-refractivity contribution is 6.04. The first-order valence-corrected chi connectivity index (χ1v) is 13.2. The van der Waals surface area contributed by atoms with Gasteiger partial charge < -0.3 is 10.6 Å². The van der Waals surface area contributed by atoms with Crippen LogP contribution in [-0.2, 0) is 13.0 Å². The van der Waals surface area contributed by atoms with Gasteiger partial charge in [-0.15, -0.1) is 0 Å². The fraction of sp³-hybridized carbons (Fsp3) is 0.182. The molecule has 1 aliphatic rings. The van der Waals surface area contributed by atoms with Gasteiger partial charge in [-0.3, -0.25) is 9.69 Å². The van der Waals surface area contributed by atoms with Crippen LogP contribution in [0.15, 0.2) is 97.1 Å². The molecule has 6 nitrogen and oxygen atoms in total. The lowest BCUT2D eigenvalue weighted by Crippen LogP contribution is -2.45. The van der Waals surface area contributed by atoms with E-state index in [0.29, 0.717) is 11.5 Å². The zero-order chi connectivity index (χ0) is 27.0. The van der Waals surface area contributed by atoms with Gasteiger partial charge in [-0.25, -0.2) is 9.97 Å². The summed E-state index contributed by atoms with van der Waals surface area (Å²) in [4.78, 5) is 24.9. The van der Waals surface area contributed by atoms with Crippen molar-refractivity contribution in [3.05, 3.63) is 114 Å². The molecular weight excluding hydrogens is 482 g/mol. The number of nitrogens with zero attached hydrogens (tertiary/aromatic N) is 3. The van der Waals surface area contributed by atoms with Crippen molar-refractivity contribution in [1.82, 2.24) is 14.9 Å². The van der Waals surface area contributed by atoms with Crippen molar-refractivity contribution < 1.29 is 4.79 Å². The average Bonchev–Trinajstić information content (AvgIpc) is 2.94. The molecule has 0 aliphatic carbocycles. The Balaban J connectivity index is 1.19. The number of likely N-dealkylation sites (N-methyl/N-ethyl adjacent to an activating group) is 1. The number of hydrogen-bond acceptors (Lipinski definition) is 5. The lowest BCUT2D eigenvalue weighted by Gasteiger charge is -2.41. The van der Waals surface area contributed by atoms with E-state index in [0.717, 1.165) is 46.5 Å². The summed E-state index contributed by atoms with van der Waals surface area (Å²) in [5.74, 6) is 0.367. The van der Waals surface area contributed by atoms with E-state index >= 15 is 0 Å². The Morgan fingerprint density at radius 3 is 2.33 bits per heavy atom. The molecule has 1 aliphatic heterocycles. The first kappa shape index (κ1) is 24.8. The molecule has 0 unspecified atom stereocenters. The van der Waals surface area contributed by atoms with Crippen molar-refractivity contribution in [3.8, 4) is 11.3 Å². The molecule has 194 valence electrons. The van der Waals surface area contributed by atoms with Crippen LogP contribution < -0.4 is 10.6 Å². The molecule has 5 aromatic rings. The molecule has 39 heavy (non-hydrogen) atoms. The molecule has 0 radical (unpaired) electrons. The van der Waals surface area contributed by atoms with Crippen molar-refractivity contribution in [2.45, 2.75) is 32.4 Å². The summed E-state index contributed by atoms with van der Waals surface area (Å²) in [7, 11) is 2.15. The molecule has 0 fully saturated rings. The summed E-state index contributed by atoms with van der Waals surface area (Å²) < 4.78 is 0. The van der Waals surface area contributed by atoms with E-state index in [9.17, 15) is 4.79 Å². The predicted molar refractivity (Wildman–Crippen MR) is 158 cm³/mol. The van der Waals surface area contributed by atoms with Crippen molar-refractivity contribution in [2.24, 2.45) is 0 Å². The van der Waals surface area contributed by atoms with Gasteiger partial charge in [0.15, 0.2) is 0 Å². The summed E-state index contributed by atoms with van der Waals surface area (Å²) in [6, 6.07) is 31.7. The zero-order valence-electron chi connectivity index (χ0n) is 22.4. The van der Waals surface area contributed by atoms with Crippen molar-refractivity contribution in [3.63, 3.8) is 0 Å². The summed E-state index contributed by atoms with van der Waals surface area (Å²) >= 11 is 0. The van der Waals surface area contributed by atoms with Gasteiger partial charge in [0.05, 0.1) is 11.2 Å². The Bertz CT molecular complexity index is 1660. The molecule has 0 saturated carbocycles. The molecule has 6 heteroatoms. The van der Waals surface area contributed by atoms with Crippen LogP contribution in [0.25, 0.3) is 22.2 Å². The van der Waals surface area contributed by atoms with E-state index < -0.39 is 0 Å². The van der Waals surface area contributed by atoms with Gasteiger partial charge in [-0.2, -0.15) is 0 Å². The van der Waals surface area contributed by atoms with Gasteiger partial charge >= 0.3 is 0 Å². The van der Waals surface area contributed by atoms with Gasteiger partial charge in [0.25, 0.3) is 5.91 Å². The van der Waals surface area contributed by atoms with Crippen LogP contribution >= 0.6 is 0 Å². The van der Waals surface area contributed by atoms with E-state index in [2.05, 4.69) is 48.6 Å². The fourth-order valence-corrected chi connectivity index (χ4v) is 5.08. The Morgan fingerprint density at radius 2 is 1.54 bits per heavy atom. The van der Waals surface area contributed by atoms with E-state index in [4.69, 9.17) is 9.97 Å². The highest BCUT2D eigenvalue weighted by Crippen LogP contribution is 2.31. The molecule has 6 rings (SSSR count). The minimum atomic E-state index is -0.140. The van der Waals surface area contributed by atoms with Gasteiger partial charge in [0.2, 0.25) is 5.95 Å². The SMILES string of the molecule is CN1Cc2cc(NC(=O)c3ccc(Nc4nc(-c5ccccc5)c5ccccc5n4)cc3)ccc2CC1(C)C. The number of nitrogens with one attached hydrogen (secondary N) is 2. The quantitative estimate of drug-likeness (QED) is 0.263. The summed E-state index contributed by atoms with van der Waals surface area (Å²) in [5, 5.41) is 7.36. The van der Waals surface area contributed by atoms with Crippen LogP contribution in [0.2, 0.25) is 0 Å². The number of carbonyl (C=O) groups is 1. The minimum absolute atomic E-state index is 0.133. The maximum atomic E-state index is 13.0. The fourth-order valence-electron chi connectivity index (χ4n) is 5.08. The minimum Gasteiger partial charge on any atom is -0.324 e. The van der Waals surface area contributed by atoms with Crippen molar-refractivity contribution in [2.75, 3.05) is 17.7 Å². The molecule has 0 saturated heterocycles. The molecule has 2 heterocycles. The second-order valence-corrected chi connectivity index (χ2v) is 10.8. The normalized spacial score (nSPS) is 14.5. The van der Waals surface area contributed by atoms with Crippen molar-refractivity contribution in [1.29, 1.82) is 0 Å². The molecule has 0 bridgehead atoms. The number of hydrogen-bond donors (Lipinski definition) is 2. The standard InChI is InChI=1S/C33H31N5O/c1-33(2)20-24-15-18-27(19-25(24)21-38(33)3)34-31(39)23-13-16-26(17-14-23)35-32-36-29-12-8-7-11-28(29)30(37-32)22-9-5-4-6-10-22/h4-19H,20-21H2,1-3H3,(H,34,39)(H,35,36,37). The largest absolute Gasteiger partial charge is 0.324 e. The second-order valence-electron chi connectivity index (χ2n) is 10.8. The van der Waals surface area contributed by atoms with Gasteiger partial charge in [0, 0.05) is 40.0 Å². The highest BCUT2D eigenvalue weighted by atomic mass is 16.1. The van der Waals surface area contributed by atoms with E-state index in [1.54, 1.807) is 0 Å². The van der Waals surface area contributed by atoms with Gasteiger partial charge in [-0.1, -0.05) is 54.6 Å². The van der Waals surface area contributed by atoms with Crippen LogP contribution in [0.1, 0.15) is 35.3 Å². The highest BCUT2D eigenvalue weighted by Gasteiger charge is 2.30. The zero-order valence-corrected chi connectivity index (χ0v) is 22.4. The summed E-state index contributed by atoms with van der Waals surface area (Å²) in [5.41, 5.74) is 7.72. The Morgan fingerprint density at radius 1 is 0.821 bits per heavy atom.